The highest BCUT2D eigenvalue weighted by molar-refractivity contribution is 4.79. The lowest BCUT2D eigenvalue weighted by atomic mass is 9.71. The fourth-order valence-corrected chi connectivity index (χ4v) is 5.72. The molecular formula is C20H36. The predicted molar refractivity (Wildman–Crippen MR) is 87.8 cm³/mol. The van der Waals surface area contributed by atoms with E-state index in [1.54, 1.807) is 51.4 Å². The third-order valence-electron chi connectivity index (χ3n) is 6.93. The van der Waals surface area contributed by atoms with Gasteiger partial charge in [-0.3, -0.25) is 0 Å². The Morgan fingerprint density at radius 3 is 0.550 bits per heavy atom. The van der Waals surface area contributed by atoms with Gasteiger partial charge in [0.05, 0.1) is 0 Å². The van der Waals surface area contributed by atoms with Gasteiger partial charge in [0, 0.05) is 0 Å². The van der Waals surface area contributed by atoms with E-state index in [1.807, 2.05) is 0 Å². The van der Waals surface area contributed by atoms with Gasteiger partial charge in [0.15, 0.2) is 0 Å². The zero-order valence-corrected chi connectivity index (χ0v) is 13.6. The van der Waals surface area contributed by atoms with Crippen molar-refractivity contribution in [3.63, 3.8) is 0 Å². The van der Waals surface area contributed by atoms with Crippen LogP contribution in [0, 0.1) is 23.7 Å². The molecule has 0 amide bonds. The second kappa shape index (κ2) is 7.85. The normalized spacial score (nSPS) is 40.8. The van der Waals surface area contributed by atoms with Crippen LogP contribution in [0.25, 0.3) is 0 Å². The summed E-state index contributed by atoms with van der Waals surface area (Å²) in [6.45, 7) is 0. The molecular weight excluding hydrogens is 240 g/mol. The summed E-state index contributed by atoms with van der Waals surface area (Å²) in [4.78, 5) is 0. The maximum Gasteiger partial charge on any atom is -0.0386 e. The second-order valence-corrected chi connectivity index (χ2v) is 8.18. The minimum atomic E-state index is 1.16. The Balaban J connectivity index is 0.000000121. The van der Waals surface area contributed by atoms with E-state index < -0.39 is 0 Å². The van der Waals surface area contributed by atoms with E-state index in [2.05, 4.69) is 0 Å². The van der Waals surface area contributed by atoms with Crippen LogP contribution in [-0.4, -0.2) is 0 Å². The van der Waals surface area contributed by atoms with Crippen LogP contribution in [0.15, 0.2) is 0 Å². The van der Waals surface area contributed by atoms with Crippen LogP contribution in [-0.2, 0) is 0 Å². The van der Waals surface area contributed by atoms with Crippen molar-refractivity contribution in [2.45, 2.75) is 103 Å². The summed E-state index contributed by atoms with van der Waals surface area (Å²) in [5.74, 6) is 4.62. The first kappa shape index (κ1) is 14.9. The maximum absolute atomic E-state index is 1.56. The third-order valence-corrected chi connectivity index (χ3v) is 6.93. The standard InChI is InChI=1S/2C10H18/c2*1-2-6-10-8-4-3-7-9(10)5-1/h2*9-10H,1-8H2/t2*9-,10+. The van der Waals surface area contributed by atoms with Gasteiger partial charge in [0.2, 0.25) is 0 Å². The second-order valence-electron chi connectivity index (χ2n) is 8.18. The highest BCUT2D eigenvalue weighted by Crippen LogP contribution is 2.40. The first-order valence-corrected chi connectivity index (χ1v) is 9.93. The van der Waals surface area contributed by atoms with E-state index in [1.165, 1.54) is 51.4 Å². The smallest absolute Gasteiger partial charge is 0.0386 e. The summed E-state index contributed by atoms with van der Waals surface area (Å²) < 4.78 is 0. The Labute approximate surface area is 127 Å². The van der Waals surface area contributed by atoms with Crippen LogP contribution in [0.3, 0.4) is 0 Å². The highest BCUT2D eigenvalue weighted by atomic mass is 14.3. The molecule has 4 fully saturated rings. The zero-order chi connectivity index (χ0) is 13.6. The lowest BCUT2D eigenvalue weighted by Gasteiger charge is -2.35. The van der Waals surface area contributed by atoms with Gasteiger partial charge >= 0.3 is 0 Å². The molecule has 0 saturated heterocycles. The van der Waals surface area contributed by atoms with E-state index in [-0.39, 0.29) is 0 Å². The van der Waals surface area contributed by atoms with Gasteiger partial charge in [-0.1, -0.05) is 103 Å². The van der Waals surface area contributed by atoms with Crippen molar-refractivity contribution >= 4 is 0 Å². The summed E-state index contributed by atoms with van der Waals surface area (Å²) in [5.41, 5.74) is 0. The average molecular weight is 277 g/mol. The lowest BCUT2D eigenvalue weighted by molar-refractivity contribution is 0.171. The molecule has 0 aromatic heterocycles. The quantitative estimate of drug-likeness (QED) is 0.460. The van der Waals surface area contributed by atoms with Crippen molar-refractivity contribution in [3.8, 4) is 0 Å². The number of hydrogen-bond acceptors (Lipinski definition) is 0. The van der Waals surface area contributed by atoms with Crippen molar-refractivity contribution in [1.29, 1.82) is 0 Å². The van der Waals surface area contributed by atoms with Crippen LogP contribution in [0.2, 0.25) is 0 Å². The Morgan fingerprint density at radius 2 is 0.400 bits per heavy atom. The van der Waals surface area contributed by atoms with E-state index >= 15 is 0 Å². The summed E-state index contributed by atoms with van der Waals surface area (Å²) in [5, 5.41) is 0. The van der Waals surface area contributed by atoms with E-state index in [9.17, 15) is 0 Å². The largest absolute Gasteiger partial charge is 0.0530 e. The van der Waals surface area contributed by atoms with Gasteiger partial charge in [-0.05, 0) is 23.7 Å². The highest BCUT2D eigenvalue weighted by Gasteiger charge is 2.27. The Hall–Kier alpha value is 0. The first-order valence-electron chi connectivity index (χ1n) is 9.93. The minimum Gasteiger partial charge on any atom is -0.0530 e. The van der Waals surface area contributed by atoms with Gasteiger partial charge in [-0.2, -0.15) is 0 Å². The molecule has 0 bridgehead atoms. The molecule has 0 unspecified atom stereocenters. The number of rotatable bonds is 0. The molecule has 0 aliphatic heterocycles. The molecule has 4 rings (SSSR count). The van der Waals surface area contributed by atoms with E-state index in [0.29, 0.717) is 0 Å². The molecule has 4 aliphatic rings. The van der Waals surface area contributed by atoms with Crippen LogP contribution in [0.5, 0.6) is 0 Å². The molecule has 0 nitrogen and oxygen atoms in total. The molecule has 0 spiro atoms. The molecule has 116 valence electrons. The monoisotopic (exact) mass is 276 g/mol. The fourth-order valence-electron chi connectivity index (χ4n) is 5.72. The summed E-state index contributed by atoms with van der Waals surface area (Å²) >= 11 is 0. The molecule has 0 heterocycles. The van der Waals surface area contributed by atoms with E-state index in [0.717, 1.165) is 23.7 Å². The summed E-state index contributed by atoms with van der Waals surface area (Å²) in [6.07, 6.45) is 24.7. The number of hydrogen-bond donors (Lipinski definition) is 0. The molecule has 0 aromatic carbocycles. The zero-order valence-electron chi connectivity index (χ0n) is 13.6. The van der Waals surface area contributed by atoms with Gasteiger partial charge in [0.25, 0.3) is 0 Å². The molecule has 4 aliphatic carbocycles. The molecule has 0 aromatic rings. The van der Waals surface area contributed by atoms with Crippen LogP contribution < -0.4 is 0 Å². The summed E-state index contributed by atoms with van der Waals surface area (Å²) in [6, 6.07) is 0. The Bertz CT molecular complexity index is 189. The molecule has 4 saturated carbocycles. The average Bonchev–Trinajstić information content (AvgIpc) is 2.56. The molecule has 20 heavy (non-hydrogen) atoms. The topological polar surface area (TPSA) is 0 Å². The summed E-state index contributed by atoms with van der Waals surface area (Å²) in [7, 11) is 0. The van der Waals surface area contributed by atoms with E-state index in [4.69, 9.17) is 0 Å². The molecule has 0 atom stereocenters. The van der Waals surface area contributed by atoms with Crippen molar-refractivity contribution in [1.82, 2.24) is 0 Å². The SMILES string of the molecule is C1CC[C@H]2CCCC[C@H]2C1.C1CC[C@H]2CCCC[C@H]2C1. The van der Waals surface area contributed by atoms with Crippen LogP contribution >= 0.6 is 0 Å². The van der Waals surface area contributed by atoms with Crippen LogP contribution in [0.1, 0.15) is 103 Å². The number of fused-ring (bicyclic) bond motifs is 2. The Kier molecular flexibility index (Phi) is 5.86. The molecule has 0 radical (unpaired) electrons. The van der Waals surface area contributed by atoms with Gasteiger partial charge < -0.3 is 0 Å². The molecule has 0 N–H and O–H groups in total. The van der Waals surface area contributed by atoms with Crippen molar-refractivity contribution in [2.24, 2.45) is 23.7 Å². The first-order chi connectivity index (χ1) is 9.93. The van der Waals surface area contributed by atoms with Gasteiger partial charge in [-0.15, -0.1) is 0 Å². The van der Waals surface area contributed by atoms with Crippen molar-refractivity contribution in [2.75, 3.05) is 0 Å². The fraction of sp³-hybridized carbons (Fsp3) is 1.00. The Morgan fingerprint density at radius 1 is 0.250 bits per heavy atom. The third kappa shape index (κ3) is 4.01. The molecule has 0 heteroatoms. The van der Waals surface area contributed by atoms with Crippen molar-refractivity contribution in [3.05, 3.63) is 0 Å². The van der Waals surface area contributed by atoms with Crippen LogP contribution in [0.4, 0.5) is 0 Å². The van der Waals surface area contributed by atoms with Gasteiger partial charge in [-0.25, -0.2) is 0 Å². The van der Waals surface area contributed by atoms with Crippen molar-refractivity contribution < 1.29 is 0 Å². The lowest BCUT2D eigenvalue weighted by Crippen LogP contribution is -2.22. The predicted octanol–water partition coefficient (Wildman–Crippen LogP) is 6.73. The van der Waals surface area contributed by atoms with Gasteiger partial charge in [0.1, 0.15) is 0 Å². The minimum absolute atomic E-state index is 1.16. The maximum atomic E-state index is 1.56.